The minimum atomic E-state index is -4.02. The molecule has 3 aromatic carbocycles. The molecule has 0 atom stereocenters. The Balaban J connectivity index is 2.02. The molecule has 0 aliphatic rings. The van der Waals surface area contributed by atoms with Crippen molar-refractivity contribution >= 4 is 43.2 Å². The van der Waals surface area contributed by atoms with Gasteiger partial charge >= 0.3 is 0 Å². The van der Waals surface area contributed by atoms with Crippen LogP contribution in [0.2, 0.25) is 0 Å². The molecule has 0 radical (unpaired) electrons. The van der Waals surface area contributed by atoms with Crippen LogP contribution in [0.25, 0.3) is 0 Å². The lowest BCUT2D eigenvalue weighted by molar-refractivity contribution is -0.114. The molecule has 156 valence electrons. The lowest BCUT2D eigenvalue weighted by Gasteiger charge is -2.26. The Morgan fingerprint density at radius 3 is 2.43 bits per heavy atom. The van der Waals surface area contributed by atoms with Gasteiger partial charge in [-0.25, -0.2) is 8.42 Å². The van der Waals surface area contributed by atoms with Gasteiger partial charge < -0.3 is 10.1 Å². The van der Waals surface area contributed by atoms with E-state index in [0.717, 1.165) is 14.3 Å². The van der Waals surface area contributed by atoms with Gasteiger partial charge in [0.25, 0.3) is 10.0 Å². The first-order valence-corrected chi connectivity index (χ1v) is 11.3. The fourth-order valence-electron chi connectivity index (χ4n) is 2.91. The van der Waals surface area contributed by atoms with E-state index in [-0.39, 0.29) is 4.90 Å². The summed E-state index contributed by atoms with van der Waals surface area (Å²) in [5.74, 6) is -0.119. The predicted molar refractivity (Wildman–Crippen MR) is 121 cm³/mol. The molecular formula is C22H21BrN2O4S. The number of sulfonamides is 1. The van der Waals surface area contributed by atoms with E-state index in [4.69, 9.17) is 4.74 Å². The average Bonchev–Trinajstić information content (AvgIpc) is 2.72. The van der Waals surface area contributed by atoms with E-state index in [1.165, 1.54) is 19.2 Å². The summed E-state index contributed by atoms with van der Waals surface area (Å²) in [6.45, 7) is 1.43. The van der Waals surface area contributed by atoms with E-state index in [0.29, 0.717) is 17.1 Å². The number of carbonyl (C=O) groups is 1. The second-order valence-electron chi connectivity index (χ2n) is 6.56. The number of amides is 1. The van der Waals surface area contributed by atoms with Crippen LogP contribution in [-0.2, 0) is 14.8 Å². The van der Waals surface area contributed by atoms with Crippen LogP contribution < -0.4 is 14.4 Å². The first kappa shape index (κ1) is 21.9. The molecule has 0 aliphatic carbocycles. The van der Waals surface area contributed by atoms with Gasteiger partial charge in [-0.15, -0.1) is 0 Å². The minimum absolute atomic E-state index is 0.0869. The third-order valence-corrected chi connectivity index (χ3v) is 6.60. The number of methoxy groups -OCH3 is 1. The van der Waals surface area contributed by atoms with Crippen molar-refractivity contribution in [2.45, 2.75) is 11.8 Å². The lowest BCUT2D eigenvalue weighted by atomic mass is 10.2. The molecule has 0 fully saturated rings. The number of aryl methyl sites for hydroxylation is 1. The van der Waals surface area contributed by atoms with Gasteiger partial charge in [-0.3, -0.25) is 9.10 Å². The predicted octanol–water partition coefficient (Wildman–Crippen LogP) is 4.60. The van der Waals surface area contributed by atoms with Crippen LogP contribution >= 0.6 is 15.9 Å². The van der Waals surface area contributed by atoms with E-state index in [1.54, 1.807) is 48.5 Å². The number of hydrogen-bond acceptors (Lipinski definition) is 4. The topological polar surface area (TPSA) is 75.7 Å². The number of anilines is 2. The van der Waals surface area contributed by atoms with E-state index in [9.17, 15) is 13.2 Å². The zero-order valence-electron chi connectivity index (χ0n) is 16.5. The third kappa shape index (κ3) is 5.01. The fourth-order valence-corrected chi connectivity index (χ4v) is 4.76. The SMILES string of the molecule is COc1ccc(C)cc1N(CC(=O)Nc1cccc(Br)c1)S(=O)(=O)c1ccccc1. The molecule has 30 heavy (non-hydrogen) atoms. The zero-order chi connectivity index (χ0) is 21.7. The number of halogens is 1. The molecule has 6 nitrogen and oxygen atoms in total. The Bertz CT molecular complexity index is 1150. The highest BCUT2D eigenvalue weighted by molar-refractivity contribution is 9.10. The van der Waals surface area contributed by atoms with Gasteiger partial charge in [0.15, 0.2) is 0 Å². The van der Waals surface area contributed by atoms with E-state index in [2.05, 4.69) is 21.2 Å². The van der Waals surface area contributed by atoms with Crippen molar-refractivity contribution in [3.05, 3.63) is 82.8 Å². The van der Waals surface area contributed by atoms with Crippen molar-refractivity contribution < 1.29 is 17.9 Å². The van der Waals surface area contributed by atoms with Crippen molar-refractivity contribution in [3.8, 4) is 5.75 Å². The molecule has 1 N–H and O–H groups in total. The van der Waals surface area contributed by atoms with Crippen LogP contribution in [0.1, 0.15) is 5.56 Å². The maximum absolute atomic E-state index is 13.4. The third-order valence-electron chi connectivity index (χ3n) is 4.33. The van der Waals surface area contributed by atoms with Crippen LogP contribution in [0.4, 0.5) is 11.4 Å². The van der Waals surface area contributed by atoms with Gasteiger partial charge in [-0.1, -0.05) is 46.3 Å². The molecule has 0 aromatic heterocycles. The highest BCUT2D eigenvalue weighted by atomic mass is 79.9. The highest BCUT2D eigenvalue weighted by Crippen LogP contribution is 2.33. The summed E-state index contributed by atoms with van der Waals surface area (Å²) in [4.78, 5) is 12.9. The standard InChI is InChI=1S/C22H21BrN2O4S/c1-16-11-12-21(29-2)20(13-16)25(30(27,28)19-9-4-3-5-10-19)15-22(26)24-18-8-6-7-17(23)14-18/h3-14H,15H2,1-2H3,(H,24,26). The molecule has 0 aliphatic heterocycles. The van der Waals surface area contributed by atoms with Gasteiger partial charge in [0.2, 0.25) is 5.91 Å². The van der Waals surface area contributed by atoms with Crippen molar-refractivity contribution in [1.82, 2.24) is 0 Å². The molecular weight excluding hydrogens is 468 g/mol. The monoisotopic (exact) mass is 488 g/mol. The second kappa shape index (κ2) is 9.32. The molecule has 0 unspecified atom stereocenters. The number of rotatable bonds is 7. The van der Waals surface area contributed by atoms with Gasteiger partial charge in [-0.05, 0) is 55.0 Å². The summed E-state index contributed by atoms with van der Waals surface area (Å²) in [6.07, 6.45) is 0. The van der Waals surface area contributed by atoms with Crippen molar-refractivity contribution in [1.29, 1.82) is 0 Å². The number of benzene rings is 3. The van der Waals surface area contributed by atoms with Gasteiger partial charge in [-0.2, -0.15) is 0 Å². The molecule has 0 saturated heterocycles. The summed E-state index contributed by atoms with van der Waals surface area (Å²) in [5.41, 5.74) is 1.69. The Morgan fingerprint density at radius 1 is 1.03 bits per heavy atom. The summed E-state index contributed by atoms with van der Waals surface area (Å²) in [7, 11) is -2.55. The van der Waals surface area contributed by atoms with E-state index in [1.807, 2.05) is 19.1 Å². The van der Waals surface area contributed by atoms with E-state index >= 15 is 0 Å². The summed E-state index contributed by atoms with van der Waals surface area (Å²) >= 11 is 3.35. The summed E-state index contributed by atoms with van der Waals surface area (Å²) in [6, 6.07) is 20.3. The summed E-state index contributed by atoms with van der Waals surface area (Å²) < 4.78 is 34.1. The number of ether oxygens (including phenoxy) is 1. The Hall–Kier alpha value is -2.84. The van der Waals surface area contributed by atoms with Gasteiger partial charge in [0.05, 0.1) is 17.7 Å². The molecule has 3 aromatic rings. The number of hydrogen-bond donors (Lipinski definition) is 1. The highest BCUT2D eigenvalue weighted by Gasteiger charge is 2.29. The molecule has 0 spiro atoms. The fraction of sp³-hybridized carbons (Fsp3) is 0.136. The van der Waals surface area contributed by atoms with Crippen LogP contribution in [0, 0.1) is 6.92 Å². The molecule has 1 amide bonds. The lowest BCUT2D eigenvalue weighted by Crippen LogP contribution is -2.38. The van der Waals surface area contributed by atoms with Crippen molar-refractivity contribution in [2.24, 2.45) is 0 Å². The van der Waals surface area contributed by atoms with Gasteiger partial charge in [0.1, 0.15) is 12.3 Å². The first-order valence-electron chi connectivity index (χ1n) is 9.09. The quantitative estimate of drug-likeness (QED) is 0.527. The average molecular weight is 489 g/mol. The molecule has 3 rings (SSSR count). The van der Waals surface area contributed by atoms with Crippen LogP contribution in [0.3, 0.4) is 0 Å². The Kier molecular flexibility index (Phi) is 6.79. The summed E-state index contributed by atoms with van der Waals surface area (Å²) in [5, 5.41) is 2.74. The maximum atomic E-state index is 13.4. The van der Waals surface area contributed by atoms with Crippen LogP contribution in [-0.4, -0.2) is 28.0 Å². The zero-order valence-corrected chi connectivity index (χ0v) is 18.9. The molecule has 0 bridgehead atoms. The first-order chi connectivity index (χ1) is 14.3. The Labute approximate surface area is 184 Å². The second-order valence-corrected chi connectivity index (χ2v) is 9.34. The van der Waals surface area contributed by atoms with Crippen molar-refractivity contribution in [3.63, 3.8) is 0 Å². The number of nitrogens with zero attached hydrogens (tertiary/aromatic N) is 1. The molecule has 0 saturated carbocycles. The number of carbonyl (C=O) groups excluding carboxylic acids is 1. The molecule has 0 heterocycles. The smallest absolute Gasteiger partial charge is 0.264 e. The van der Waals surface area contributed by atoms with Crippen LogP contribution in [0.15, 0.2) is 82.2 Å². The normalized spacial score (nSPS) is 11.0. The van der Waals surface area contributed by atoms with Crippen LogP contribution in [0.5, 0.6) is 5.75 Å². The Morgan fingerprint density at radius 2 is 1.77 bits per heavy atom. The van der Waals surface area contributed by atoms with Crippen molar-refractivity contribution in [2.75, 3.05) is 23.3 Å². The molecule has 8 heteroatoms. The van der Waals surface area contributed by atoms with E-state index < -0.39 is 22.5 Å². The minimum Gasteiger partial charge on any atom is -0.495 e. The maximum Gasteiger partial charge on any atom is 0.264 e. The number of nitrogens with one attached hydrogen (secondary N) is 1. The van der Waals surface area contributed by atoms with Gasteiger partial charge in [0, 0.05) is 10.2 Å². The largest absolute Gasteiger partial charge is 0.495 e.